The molecule has 0 amide bonds. The molecule has 1 N–H and O–H groups in total. The number of sulfone groups is 1. The van der Waals surface area contributed by atoms with Crippen LogP contribution in [0.5, 0.6) is 0 Å². The van der Waals surface area contributed by atoms with E-state index in [0.717, 1.165) is 51.8 Å². The second-order valence-corrected chi connectivity index (χ2v) is 8.22. The molecule has 7 nitrogen and oxygen atoms in total. The highest BCUT2D eigenvalue weighted by Crippen LogP contribution is 2.16. The number of aliphatic imine (C=N–C) groups is 1. The molecule has 0 radical (unpaired) electrons. The number of halogens is 1. The predicted octanol–water partition coefficient (Wildman–Crippen LogP) is 0.0210. The summed E-state index contributed by atoms with van der Waals surface area (Å²) in [4.78, 5) is 8.99. The van der Waals surface area contributed by atoms with E-state index in [9.17, 15) is 8.42 Å². The lowest BCUT2D eigenvalue weighted by atomic mass is 10.2. The van der Waals surface area contributed by atoms with E-state index in [1.54, 1.807) is 14.0 Å². The molecule has 1 atom stereocenters. The second-order valence-electron chi connectivity index (χ2n) is 5.75. The van der Waals surface area contributed by atoms with E-state index in [4.69, 9.17) is 4.74 Å². The summed E-state index contributed by atoms with van der Waals surface area (Å²) in [7, 11) is -1.18. The molecule has 0 saturated carbocycles. The first kappa shape index (κ1) is 20.9. The van der Waals surface area contributed by atoms with Gasteiger partial charge in [-0.1, -0.05) is 6.92 Å². The number of hydrogen-bond acceptors (Lipinski definition) is 5. The first-order valence-electron chi connectivity index (χ1n) is 8.03. The largest absolute Gasteiger partial charge is 0.379 e. The normalized spacial score (nSPS) is 23.7. The molecule has 0 aromatic rings. The van der Waals surface area contributed by atoms with Crippen LogP contribution in [0.2, 0.25) is 0 Å². The number of guanidine groups is 1. The number of nitrogens with one attached hydrogen (secondary N) is 1. The number of hydrogen-bond donors (Lipinski definition) is 1. The Bertz CT molecular complexity index is 480. The Morgan fingerprint density at radius 3 is 2.61 bits per heavy atom. The first-order valence-corrected chi connectivity index (χ1v) is 9.85. The van der Waals surface area contributed by atoms with Crippen LogP contribution in [0.3, 0.4) is 0 Å². The summed E-state index contributed by atoms with van der Waals surface area (Å²) >= 11 is 0. The fourth-order valence-electron chi connectivity index (χ4n) is 2.97. The van der Waals surface area contributed by atoms with Crippen LogP contribution in [-0.2, 0) is 14.6 Å². The molecule has 0 aromatic carbocycles. The van der Waals surface area contributed by atoms with Crippen molar-refractivity contribution in [3.05, 3.63) is 0 Å². The van der Waals surface area contributed by atoms with Gasteiger partial charge in [0.2, 0.25) is 0 Å². The van der Waals surface area contributed by atoms with Crippen molar-refractivity contribution in [2.45, 2.75) is 19.4 Å². The maximum absolute atomic E-state index is 11.5. The number of likely N-dealkylation sites (tertiary alicyclic amines) is 1. The van der Waals surface area contributed by atoms with Crippen molar-refractivity contribution >= 4 is 39.8 Å². The maximum Gasteiger partial charge on any atom is 0.193 e. The lowest BCUT2D eigenvalue weighted by Gasteiger charge is -2.32. The molecule has 2 heterocycles. The van der Waals surface area contributed by atoms with E-state index in [2.05, 4.69) is 20.1 Å². The highest BCUT2D eigenvalue weighted by atomic mass is 127. The number of nitrogens with zero attached hydrogens (tertiary/aromatic N) is 3. The average molecular weight is 460 g/mol. The number of rotatable bonds is 5. The highest BCUT2D eigenvalue weighted by molar-refractivity contribution is 14.0. The zero-order chi connectivity index (χ0) is 16.0. The summed E-state index contributed by atoms with van der Waals surface area (Å²) in [6.07, 6.45) is 1.12. The van der Waals surface area contributed by atoms with Gasteiger partial charge in [0, 0.05) is 51.6 Å². The predicted molar refractivity (Wildman–Crippen MR) is 103 cm³/mol. The third-order valence-corrected chi connectivity index (χ3v) is 6.08. The fourth-order valence-corrected chi connectivity index (χ4v) is 3.67. The van der Waals surface area contributed by atoms with Crippen molar-refractivity contribution in [2.75, 3.05) is 64.5 Å². The first-order chi connectivity index (χ1) is 10.6. The summed E-state index contributed by atoms with van der Waals surface area (Å²) in [5, 5.41) is 3.18. The van der Waals surface area contributed by atoms with Gasteiger partial charge in [-0.15, -0.1) is 24.0 Å². The van der Waals surface area contributed by atoms with Gasteiger partial charge in [-0.05, 0) is 6.42 Å². The van der Waals surface area contributed by atoms with E-state index >= 15 is 0 Å². The summed E-state index contributed by atoms with van der Waals surface area (Å²) in [5.74, 6) is 1.15. The van der Waals surface area contributed by atoms with Crippen LogP contribution in [0.25, 0.3) is 0 Å². The summed E-state index contributed by atoms with van der Waals surface area (Å²) in [6, 6.07) is 0.543. The summed E-state index contributed by atoms with van der Waals surface area (Å²) < 4.78 is 28.5. The van der Waals surface area contributed by atoms with Crippen molar-refractivity contribution < 1.29 is 13.2 Å². The Kier molecular flexibility index (Phi) is 9.09. The molecule has 0 aromatic heterocycles. The van der Waals surface area contributed by atoms with Gasteiger partial charge >= 0.3 is 0 Å². The number of ether oxygens (including phenoxy) is 1. The van der Waals surface area contributed by atoms with E-state index in [0.29, 0.717) is 12.6 Å². The van der Waals surface area contributed by atoms with Crippen LogP contribution >= 0.6 is 24.0 Å². The van der Waals surface area contributed by atoms with Crippen molar-refractivity contribution in [3.63, 3.8) is 0 Å². The lowest BCUT2D eigenvalue weighted by molar-refractivity contribution is 0.0195. The maximum atomic E-state index is 11.5. The lowest BCUT2D eigenvalue weighted by Crippen LogP contribution is -2.47. The summed E-state index contributed by atoms with van der Waals surface area (Å²) in [5.41, 5.74) is 0. The van der Waals surface area contributed by atoms with Gasteiger partial charge < -0.3 is 15.0 Å². The Labute approximate surface area is 156 Å². The monoisotopic (exact) mass is 460 g/mol. The Balaban J connectivity index is 0.00000264. The summed E-state index contributed by atoms with van der Waals surface area (Å²) in [6.45, 7) is 7.64. The molecule has 0 aliphatic carbocycles. The number of morpholine rings is 1. The minimum absolute atomic E-state index is 0. The molecule has 2 aliphatic heterocycles. The Morgan fingerprint density at radius 2 is 2.00 bits per heavy atom. The molecule has 2 rings (SSSR count). The van der Waals surface area contributed by atoms with E-state index in [-0.39, 0.29) is 35.5 Å². The van der Waals surface area contributed by atoms with E-state index < -0.39 is 9.84 Å². The molecule has 23 heavy (non-hydrogen) atoms. The average Bonchev–Trinajstić information content (AvgIpc) is 3.02. The molecule has 0 spiro atoms. The van der Waals surface area contributed by atoms with E-state index in [1.807, 2.05) is 0 Å². The minimum atomic E-state index is -2.93. The van der Waals surface area contributed by atoms with Gasteiger partial charge in [0.15, 0.2) is 15.8 Å². The SMILES string of the molecule is CCS(=O)(=O)CCNC(=NC)N1CCC(N2CCOCC2)C1.I. The Morgan fingerprint density at radius 1 is 1.30 bits per heavy atom. The molecule has 1 unspecified atom stereocenters. The van der Waals surface area contributed by atoms with Crippen LogP contribution in [-0.4, -0.2) is 94.7 Å². The van der Waals surface area contributed by atoms with Crippen molar-refractivity contribution in [1.82, 2.24) is 15.1 Å². The minimum Gasteiger partial charge on any atom is -0.379 e. The van der Waals surface area contributed by atoms with Gasteiger partial charge in [-0.3, -0.25) is 9.89 Å². The fraction of sp³-hybridized carbons (Fsp3) is 0.929. The van der Waals surface area contributed by atoms with Crippen LogP contribution in [0.1, 0.15) is 13.3 Å². The van der Waals surface area contributed by atoms with Crippen LogP contribution < -0.4 is 5.32 Å². The smallest absolute Gasteiger partial charge is 0.193 e. The van der Waals surface area contributed by atoms with Crippen LogP contribution in [0.4, 0.5) is 0 Å². The second kappa shape index (κ2) is 10.00. The molecule has 2 fully saturated rings. The van der Waals surface area contributed by atoms with Crippen molar-refractivity contribution in [2.24, 2.45) is 4.99 Å². The third kappa shape index (κ3) is 6.35. The molecule has 136 valence electrons. The molecular formula is C14H29IN4O3S. The zero-order valence-corrected chi connectivity index (χ0v) is 17.2. The third-order valence-electron chi connectivity index (χ3n) is 4.37. The van der Waals surface area contributed by atoms with Gasteiger partial charge in [0.1, 0.15) is 0 Å². The van der Waals surface area contributed by atoms with Crippen LogP contribution in [0.15, 0.2) is 4.99 Å². The van der Waals surface area contributed by atoms with Crippen LogP contribution in [0, 0.1) is 0 Å². The quantitative estimate of drug-likeness (QED) is 0.355. The van der Waals surface area contributed by atoms with Gasteiger partial charge in [0.05, 0.1) is 19.0 Å². The molecule has 2 saturated heterocycles. The standard InChI is InChI=1S/C14H28N4O3S.HI/c1-3-22(19,20)11-5-16-14(15-2)18-6-4-13(12-18)17-7-9-21-10-8-17;/h13H,3-12H2,1-2H3,(H,15,16);1H. The van der Waals surface area contributed by atoms with Gasteiger partial charge in [-0.2, -0.15) is 0 Å². The van der Waals surface area contributed by atoms with Gasteiger partial charge in [-0.25, -0.2) is 8.42 Å². The molecule has 2 aliphatic rings. The molecule has 0 bridgehead atoms. The van der Waals surface area contributed by atoms with Crippen molar-refractivity contribution in [3.8, 4) is 0 Å². The molecule has 9 heteroatoms. The molecular weight excluding hydrogens is 431 g/mol. The zero-order valence-electron chi connectivity index (χ0n) is 14.0. The highest BCUT2D eigenvalue weighted by Gasteiger charge is 2.30. The van der Waals surface area contributed by atoms with E-state index in [1.165, 1.54) is 0 Å². The van der Waals surface area contributed by atoms with Gasteiger partial charge in [0.25, 0.3) is 0 Å². The van der Waals surface area contributed by atoms with Crippen molar-refractivity contribution in [1.29, 1.82) is 0 Å². The topological polar surface area (TPSA) is 74.2 Å². The Hall–Kier alpha value is -0.130.